The summed E-state index contributed by atoms with van der Waals surface area (Å²) in [6.07, 6.45) is 1.19. The van der Waals surface area contributed by atoms with Crippen molar-refractivity contribution in [3.05, 3.63) is 33.3 Å². The van der Waals surface area contributed by atoms with Crippen LogP contribution in [-0.4, -0.2) is 35.4 Å². The molecular formula is C15H20ClN3O3. The minimum atomic E-state index is -0.520. The highest BCUT2D eigenvalue weighted by Crippen LogP contribution is 2.27. The number of halogens is 1. The Kier molecular flexibility index (Phi) is 5.37. The standard InChI is InChI=1S/C15H20ClN3O3/c1-10-5-11(2)8-18(7-10)9-15(20)17-14-4-3-12(19(21)22)6-13(14)16/h3-4,6,10-11H,5,7-9H2,1-2H3,(H,17,20). The number of piperidine rings is 1. The third kappa shape index (κ3) is 4.42. The van der Waals surface area contributed by atoms with Gasteiger partial charge in [0.15, 0.2) is 0 Å². The summed E-state index contributed by atoms with van der Waals surface area (Å²) in [5.74, 6) is 1.01. The van der Waals surface area contributed by atoms with Gasteiger partial charge in [0, 0.05) is 25.2 Å². The van der Waals surface area contributed by atoms with Crippen molar-refractivity contribution < 1.29 is 9.72 Å². The molecule has 1 aliphatic rings. The average Bonchev–Trinajstić information content (AvgIpc) is 2.39. The molecular weight excluding hydrogens is 306 g/mol. The summed E-state index contributed by atoms with van der Waals surface area (Å²) >= 11 is 5.97. The molecule has 1 heterocycles. The van der Waals surface area contributed by atoms with E-state index in [0.717, 1.165) is 13.1 Å². The highest BCUT2D eigenvalue weighted by Gasteiger charge is 2.23. The highest BCUT2D eigenvalue weighted by molar-refractivity contribution is 6.34. The first kappa shape index (κ1) is 16.7. The Balaban J connectivity index is 1.96. The van der Waals surface area contributed by atoms with Crippen molar-refractivity contribution in [1.82, 2.24) is 4.90 Å². The predicted octanol–water partition coefficient (Wildman–Crippen LogP) is 3.16. The zero-order valence-corrected chi connectivity index (χ0v) is 13.5. The van der Waals surface area contributed by atoms with E-state index in [1.807, 2.05) is 0 Å². The van der Waals surface area contributed by atoms with Gasteiger partial charge >= 0.3 is 0 Å². The number of anilines is 1. The van der Waals surface area contributed by atoms with Crippen molar-refractivity contribution in [2.45, 2.75) is 20.3 Å². The molecule has 2 rings (SSSR count). The zero-order valence-electron chi connectivity index (χ0n) is 12.7. The summed E-state index contributed by atoms with van der Waals surface area (Å²) in [7, 11) is 0. The van der Waals surface area contributed by atoms with Crippen molar-refractivity contribution in [3.63, 3.8) is 0 Å². The van der Waals surface area contributed by atoms with Crippen molar-refractivity contribution in [2.75, 3.05) is 25.0 Å². The molecule has 0 aliphatic carbocycles. The molecule has 0 saturated carbocycles. The van der Waals surface area contributed by atoms with Crippen LogP contribution >= 0.6 is 11.6 Å². The minimum absolute atomic E-state index is 0.0957. The van der Waals surface area contributed by atoms with Crippen molar-refractivity contribution in [1.29, 1.82) is 0 Å². The van der Waals surface area contributed by atoms with E-state index in [1.165, 1.54) is 24.6 Å². The SMILES string of the molecule is CC1CC(C)CN(CC(=O)Nc2ccc([N+](=O)[O-])cc2Cl)C1. The number of carbonyl (C=O) groups is 1. The van der Waals surface area contributed by atoms with E-state index in [1.54, 1.807) is 0 Å². The zero-order chi connectivity index (χ0) is 16.3. The van der Waals surface area contributed by atoms with Gasteiger partial charge in [-0.05, 0) is 24.3 Å². The largest absolute Gasteiger partial charge is 0.324 e. The van der Waals surface area contributed by atoms with Crippen LogP contribution in [0.3, 0.4) is 0 Å². The lowest BCUT2D eigenvalue weighted by Gasteiger charge is -2.34. The summed E-state index contributed by atoms with van der Waals surface area (Å²) in [5, 5.41) is 13.6. The number of nitrogens with one attached hydrogen (secondary N) is 1. The van der Waals surface area contributed by atoms with Gasteiger partial charge in [-0.3, -0.25) is 19.8 Å². The van der Waals surface area contributed by atoms with E-state index in [9.17, 15) is 14.9 Å². The lowest BCUT2D eigenvalue weighted by atomic mass is 9.92. The van der Waals surface area contributed by atoms with E-state index in [-0.39, 0.29) is 16.6 Å². The molecule has 1 amide bonds. The third-order valence-electron chi connectivity index (χ3n) is 3.75. The molecule has 22 heavy (non-hydrogen) atoms. The van der Waals surface area contributed by atoms with Gasteiger partial charge in [-0.1, -0.05) is 25.4 Å². The van der Waals surface area contributed by atoms with Gasteiger partial charge in [0.1, 0.15) is 0 Å². The fourth-order valence-electron chi connectivity index (χ4n) is 3.03. The molecule has 2 unspecified atom stereocenters. The Labute approximate surface area is 134 Å². The quantitative estimate of drug-likeness (QED) is 0.681. The molecule has 0 aromatic heterocycles. The van der Waals surface area contributed by atoms with Gasteiger partial charge in [-0.15, -0.1) is 0 Å². The number of carbonyl (C=O) groups excluding carboxylic acids is 1. The van der Waals surface area contributed by atoms with E-state index >= 15 is 0 Å². The van der Waals surface area contributed by atoms with E-state index in [0.29, 0.717) is 24.1 Å². The molecule has 1 aromatic rings. The van der Waals surface area contributed by atoms with Crippen LogP contribution in [0.4, 0.5) is 11.4 Å². The number of amides is 1. The first-order chi connectivity index (χ1) is 10.3. The molecule has 1 saturated heterocycles. The number of benzene rings is 1. The fraction of sp³-hybridized carbons (Fsp3) is 0.533. The maximum atomic E-state index is 12.1. The normalized spacial score (nSPS) is 22.3. The van der Waals surface area contributed by atoms with Gasteiger partial charge in [-0.2, -0.15) is 0 Å². The third-order valence-corrected chi connectivity index (χ3v) is 4.06. The van der Waals surface area contributed by atoms with Crippen molar-refractivity contribution in [3.8, 4) is 0 Å². The smallest absolute Gasteiger partial charge is 0.271 e. The summed E-state index contributed by atoms with van der Waals surface area (Å²) < 4.78 is 0. The molecule has 6 nitrogen and oxygen atoms in total. The first-order valence-corrected chi connectivity index (χ1v) is 7.69. The number of nitro groups is 1. The molecule has 1 N–H and O–H groups in total. The number of nitrogens with zero attached hydrogens (tertiary/aromatic N) is 2. The summed E-state index contributed by atoms with van der Waals surface area (Å²) in [6, 6.07) is 4.02. The molecule has 7 heteroatoms. The number of non-ortho nitro benzene ring substituents is 1. The second-order valence-electron chi connectivity index (χ2n) is 6.11. The van der Waals surface area contributed by atoms with Gasteiger partial charge in [0.2, 0.25) is 5.91 Å². The Morgan fingerprint density at radius 2 is 2.05 bits per heavy atom. The van der Waals surface area contributed by atoms with E-state index in [2.05, 4.69) is 24.1 Å². The Bertz CT molecular complexity index is 569. The number of rotatable bonds is 4. The molecule has 1 aromatic carbocycles. The molecule has 1 aliphatic heterocycles. The molecule has 120 valence electrons. The Morgan fingerprint density at radius 3 is 2.59 bits per heavy atom. The summed E-state index contributed by atoms with van der Waals surface area (Å²) in [5.41, 5.74) is 0.303. The van der Waals surface area contributed by atoms with Gasteiger partial charge in [0.25, 0.3) is 5.69 Å². The highest BCUT2D eigenvalue weighted by atomic mass is 35.5. The average molecular weight is 326 g/mol. The second kappa shape index (κ2) is 7.07. The predicted molar refractivity (Wildman–Crippen MR) is 86.1 cm³/mol. The summed E-state index contributed by atoms with van der Waals surface area (Å²) in [6.45, 7) is 6.50. The summed E-state index contributed by atoms with van der Waals surface area (Å²) in [4.78, 5) is 24.4. The molecule has 0 radical (unpaired) electrons. The number of hydrogen-bond donors (Lipinski definition) is 1. The van der Waals surface area contributed by atoms with Gasteiger partial charge < -0.3 is 5.32 Å². The number of hydrogen-bond acceptors (Lipinski definition) is 4. The van der Waals surface area contributed by atoms with Crippen LogP contribution in [0.25, 0.3) is 0 Å². The van der Waals surface area contributed by atoms with Gasteiger partial charge in [0.05, 0.1) is 22.2 Å². The maximum absolute atomic E-state index is 12.1. The van der Waals surface area contributed by atoms with Crippen LogP contribution in [0.5, 0.6) is 0 Å². The molecule has 0 spiro atoms. The minimum Gasteiger partial charge on any atom is -0.324 e. The number of likely N-dealkylation sites (tertiary alicyclic amines) is 1. The van der Waals surface area contributed by atoms with Crippen LogP contribution < -0.4 is 5.32 Å². The van der Waals surface area contributed by atoms with Crippen molar-refractivity contribution >= 4 is 28.9 Å². The lowest BCUT2D eigenvalue weighted by molar-refractivity contribution is -0.384. The Hall–Kier alpha value is -1.66. The monoisotopic (exact) mass is 325 g/mol. The van der Waals surface area contributed by atoms with Crippen LogP contribution in [0.15, 0.2) is 18.2 Å². The van der Waals surface area contributed by atoms with Crippen LogP contribution in [0.2, 0.25) is 5.02 Å². The van der Waals surface area contributed by atoms with E-state index < -0.39 is 4.92 Å². The van der Waals surface area contributed by atoms with Crippen LogP contribution in [0, 0.1) is 22.0 Å². The van der Waals surface area contributed by atoms with Crippen molar-refractivity contribution in [2.24, 2.45) is 11.8 Å². The first-order valence-electron chi connectivity index (χ1n) is 7.31. The fourth-order valence-corrected chi connectivity index (χ4v) is 3.25. The number of nitro benzene ring substituents is 1. The maximum Gasteiger partial charge on any atom is 0.271 e. The molecule has 2 atom stereocenters. The molecule has 1 fully saturated rings. The van der Waals surface area contributed by atoms with E-state index in [4.69, 9.17) is 11.6 Å². The molecule has 0 bridgehead atoms. The van der Waals surface area contributed by atoms with Crippen LogP contribution in [-0.2, 0) is 4.79 Å². The van der Waals surface area contributed by atoms with Gasteiger partial charge in [-0.25, -0.2) is 0 Å². The lowest BCUT2D eigenvalue weighted by Crippen LogP contribution is -2.42. The second-order valence-corrected chi connectivity index (χ2v) is 6.52. The van der Waals surface area contributed by atoms with Crippen LogP contribution in [0.1, 0.15) is 20.3 Å². The Morgan fingerprint density at radius 1 is 1.41 bits per heavy atom. The topological polar surface area (TPSA) is 75.5 Å².